The van der Waals surface area contributed by atoms with Crippen LogP contribution in [0.15, 0.2) is 41.3 Å². The monoisotopic (exact) mass is 230 g/mol. The molecule has 0 bridgehead atoms. The van der Waals surface area contributed by atoms with E-state index >= 15 is 0 Å². The van der Waals surface area contributed by atoms with E-state index < -0.39 is 0 Å². The topological polar surface area (TPSA) is 34.0 Å². The van der Waals surface area contributed by atoms with Crippen LogP contribution < -0.4 is 10.7 Å². The highest BCUT2D eigenvalue weighted by atomic mass is 16.1. The van der Waals surface area contributed by atoms with E-state index in [1.165, 1.54) is 0 Å². The Morgan fingerprint density at radius 3 is 2.82 bits per heavy atom. The van der Waals surface area contributed by atoms with Gasteiger partial charge in [0, 0.05) is 24.2 Å². The third-order valence-corrected chi connectivity index (χ3v) is 2.96. The molecule has 0 unspecified atom stereocenters. The molecule has 1 aromatic heterocycles. The maximum atomic E-state index is 11.7. The van der Waals surface area contributed by atoms with Crippen LogP contribution in [0.2, 0.25) is 0 Å². The lowest BCUT2D eigenvalue weighted by Gasteiger charge is -2.10. The number of rotatable bonds is 5. The summed E-state index contributed by atoms with van der Waals surface area (Å²) in [5.41, 5.74) is 1.14. The molecule has 90 valence electrons. The summed E-state index contributed by atoms with van der Waals surface area (Å²) in [5, 5.41) is 3.95. The van der Waals surface area contributed by atoms with Crippen LogP contribution in [0.25, 0.3) is 10.9 Å². The van der Waals surface area contributed by atoms with Crippen molar-refractivity contribution in [3.8, 4) is 0 Å². The lowest BCUT2D eigenvalue weighted by Crippen LogP contribution is -2.11. The first kappa shape index (κ1) is 11.9. The van der Waals surface area contributed by atoms with E-state index in [9.17, 15) is 4.79 Å². The summed E-state index contributed by atoms with van der Waals surface area (Å²) < 4.78 is 2.16. The number of aromatic nitrogens is 1. The zero-order valence-electron chi connectivity index (χ0n) is 10.1. The second-order valence-corrected chi connectivity index (χ2v) is 4.20. The molecular formula is C14H18N2O. The van der Waals surface area contributed by atoms with Crippen molar-refractivity contribution in [3.05, 3.63) is 46.8 Å². The second-order valence-electron chi connectivity index (χ2n) is 4.20. The summed E-state index contributed by atoms with van der Waals surface area (Å²) in [6, 6.07) is 9.44. The van der Waals surface area contributed by atoms with Gasteiger partial charge in [0.25, 0.3) is 0 Å². The molecule has 3 heteroatoms. The van der Waals surface area contributed by atoms with Gasteiger partial charge in [0.15, 0.2) is 5.43 Å². The Hall–Kier alpha value is -1.61. The Balaban J connectivity index is 2.23. The van der Waals surface area contributed by atoms with E-state index in [4.69, 9.17) is 0 Å². The standard InChI is InChI=1S/C14H18N2O/c1-15-9-4-5-10-16-11-8-14(17)12-6-2-3-7-13(12)16/h2-3,6-8,11,15H,4-5,9-10H2,1H3. The van der Waals surface area contributed by atoms with Gasteiger partial charge in [0.1, 0.15) is 0 Å². The van der Waals surface area contributed by atoms with Gasteiger partial charge in [-0.25, -0.2) is 0 Å². The number of nitrogens with zero attached hydrogens (tertiary/aromatic N) is 1. The highest BCUT2D eigenvalue weighted by Gasteiger charge is 2.00. The fourth-order valence-electron chi connectivity index (χ4n) is 2.04. The first-order valence-corrected chi connectivity index (χ1v) is 6.06. The summed E-state index contributed by atoms with van der Waals surface area (Å²) in [7, 11) is 1.97. The van der Waals surface area contributed by atoms with Crippen molar-refractivity contribution in [1.29, 1.82) is 0 Å². The van der Waals surface area contributed by atoms with Gasteiger partial charge in [-0.05, 0) is 38.6 Å². The van der Waals surface area contributed by atoms with Gasteiger partial charge in [-0.15, -0.1) is 0 Å². The SMILES string of the molecule is CNCCCCn1ccc(=O)c2ccccc21. The van der Waals surface area contributed by atoms with Crippen molar-refractivity contribution < 1.29 is 0 Å². The number of unbranched alkanes of at least 4 members (excludes halogenated alkanes) is 1. The van der Waals surface area contributed by atoms with Gasteiger partial charge < -0.3 is 9.88 Å². The Morgan fingerprint density at radius 1 is 1.18 bits per heavy atom. The number of pyridine rings is 1. The maximum absolute atomic E-state index is 11.7. The molecule has 1 N–H and O–H groups in total. The highest BCUT2D eigenvalue weighted by Crippen LogP contribution is 2.10. The zero-order chi connectivity index (χ0) is 12.1. The van der Waals surface area contributed by atoms with Crippen molar-refractivity contribution in [3.63, 3.8) is 0 Å². The number of para-hydroxylation sites is 1. The molecule has 1 aromatic carbocycles. The molecule has 0 saturated heterocycles. The zero-order valence-corrected chi connectivity index (χ0v) is 10.1. The van der Waals surface area contributed by atoms with Crippen molar-refractivity contribution in [1.82, 2.24) is 9.88 Å². The number of nitrogens with one attached hydrogen (secondary N) is 1. The molecule has 0 atom stereocenters. The van der Waals surface area contributed by atoms with E-state index in [1.54, 1.807) is 6.07 Å². The van der Waals surface area contributed by atoms with Crippen molar-refractivity contribution in [2.24, 2.45) is 0 Å². The third-order valence-electron chi connectivity index (χ3n) is 2.96. The number of hydrogen-bond acceptors (Lipinski definition) is 2. The molecule has 17 heavy (non-hydrogen) atoms. The average molecular weight is 230 g/mol. The lowest BCUT2D eigenvalue weighted by molar-refractivity contribution is 0.600. The van der Waals surface area contributed by atoms with E-state index in [2.05, 4.69) is 9.88 Å². The Kier molecular flexibility index (Phi) is 3.94. The minimum Gasteiger partial charge on any atom is -0.347 e. The number of hydrogen-bond donors (Lipinski definition) is 1. The molecule has 0 fully saturated rings. The van der Waals surface area contributed by atoms with Gasteiger partial charge in [-0.1, -0.05) is 12.1 Å². The van der Waals surface area contributed by atoms with Gasteiger partial charge in [-0.3, -0.25) is 4.79 Å². The lowest BCUT2D eigenvalue weighted by atomic mass is 10.2. The van der Waals surface area contributed by atoms with E-state index in [0.29, 0.717) is 0 Å². The van der Waals surface area contributed by atoms with Crippen molar-refractivity contribution in [2.45, 2.75) is 19.4 Å². The van der Waals surface area contributed by atoms with Crippen LogP contribution in [0.4, 0.5) is 0 Å². The van der Waals surface area contributed by atoms with Gasteiger partial charge in [0.2, 0.25) is 0 Å². The Morgan fingerprint density at radius 2 is 2.00 bits per heavy atom. The first-order chi connectivity index (χ1) is 8.33. The smallest absolute Gasteiger partial charge is 0.189 e. The van der Waals surface area contributed by atoms with Crippen LogP contribution in [-0.4, -0.2) is 18.2 Å². The normalized spacial score (nSPS) is 10.9. The maximum Gasteiger partial charge on any atom is 0.189 e. The number of benzene rings is 1. The van der Waals surface area contributed by atoms with Crippen molar-refractivity contribution in [2.75, 3.05) is 13.6 Å². The number of fused-ring (bicyclic) bond motifs is 1. The van der Waals surface area contributed by atoms with Gasteiger partial charge >= 0.3 is 0 Å². The molecule has 0 saturated carbocycles. The van der Waals surface area contributed by atoms with Crippen LogP contribution >= 0.6 is 0 Å². The van der Waals surface area contributed by atoms with Crippen LogP contribution in [-0.2, 0) is 6.54 Å². The molecular weight excluding hydrogens is 212 g/mol. The van der Waals surface area contributed by atoms with Crippen molar-refractivity contribution >= 4 is 10.9 Å². The summed E-state index contributed by atoms with van der Waals surface area (Å²) >= 11 is 0. The molecule has 3 nitrogen and oxygen atoms in total. The largest absolute Gasteiger partial charge is 0.347 e. The predicted molar refractivity (Wildman–Crippen MR) is 71.4 cm³/mol. The third kappa shape index (κ3) is 2.74. The van der Waals surface area contributed by atoms with Gasteiger partial charge in [0.05, 0.1) is 5.52 Å². The molecule has 2 rings (SSSR count). The highest BCUT2D eigenvalue weighted by molar-refractivity contribution is 5.78. The predicted octanol–water partition coefficient (Wildman–Crippen LogP) is 2.00. The summed E-state index contributed by atoms with van der Waals surface area (Å²) in [5.74, 6) is 0. The molecule has 0 aliphatic carbocycles. The molecule has 0 aliphatic rings. The molecule has 0 radical (unpaired) electrons. The molecule has 0 aliphatic heterocycles. The van der Waals surface area contributed by atoms with E-state index in [0.717, 1.165) is 36.8 Å². The van der Waals surface area contributed by atoms with Crippen LogP contribution in [0, 0.1) is 0 Å². The molecule has 2 aromatic rings. The Bertz CT molecular complexity index is 545. The fraction of sp³-hybridized carbons (Fsp3) is 0.357. The fourth-order valence-corrected chi connectivity index (χ4v) is 2.04. The quantitative estimate of drug-likeness (QED) is 0.797. The average Bonchev–Trinajstić information content (AvgIpc) is 2.37. The van der Waals surface area contributed by atoms with Crippen LogP contribution in [0.5, 0.6) is 0 Å². The molecule has 0 amide bonds. The van der Waals surface area contributed by atoms with E-state index in [-0.39, 0.29) is 5.43 Å². The number of aryl methyl sites for hydroxylation is 1. The first-order valence-electron chi connectivity index (χ1n) is 6.06. The van der Waals surface area contributed by atoms with E-state index in [1.807, 2.05) is 37.5 Å². The molecule has 0 spiro atoms. The summed E-state index contributed by atoms with van der Waals surface area (Å²) in [4.78, 5) is 11.7. The van der Waals surface area contributed by atoms with Gasteiger partial charge in [-0.2, -0.15) is 0 Å². The summed E-state index contributed by atoms with van der Waals surface area (Å²) in [6.07, 6.45) is 4.16. The van der Waals surface area contributed by atoms with Crippen LogP contribution in [0.1, 0.15) is 12.8 Å². The molecule has 1 heterocycles. The summed E-state index contributed by atoms with van der Waals surface area (Å²) in [6.45, 7) is 2.00. The second kappa shape index (κ2) is 5.64. The Labute approximate surface area is 101 Å². The minimum atomic E-state index is 0.104. The van der Waals surface area contributed by atoms with Crippen LogP contribution in [0.3, 0.4) is 0 Å². The minimum absolute atomic E-state index is 0.104.